The molecule has 0 aromatic carbocycles. The molecule has 0 saturated carbocycles. The van der Waals surface area contributed by atoms with Gasteiger partial charge in [-0.05, 0) is 44.2 Å². The summed E-state index contributed by atoms with van der Waals surface area (Å²) in [6, 6.07) is 0. The van der Waals surface area contributed by atoms with Crippen molar-refractivity contribution in [2.45, 2.75) is 26.2 Å². The quantitative estimate of drug-likeness (QED) is 0.714. The molecule has 2 rings (SSSR count). The second-order valence-corrected chi connectivity index (χ2v) is 4.56. The van der Waals surface area contributed by atoms with Gasteiger partial charge < -0.3 is 10.1 Å². The van der Waals surface area contributed by atoms with E-state index in [9.17, 15) is 0 Å². The summed E-state index contributed by atoms with van der Waals surface area (Å²) in [4.78, 5) is 0. The predicted molar refractivity (Wildman–Crippen MR) is 63.4 cm³/mol. The third kappa shape index (κ3) is 3.32. The first-order chi connectivity index (χ1) is 7.86. The normalized spacial score (nSPS) is 20.4. The Morgan fingerprint density at radius 2 is 2.56 bits per heavy atom. The topological polar surface area (TPSA) is 49.9 Å². The molecule has 2 heterocycles. The molecule has 16 heavy (non-hydrogen) atoms. The van der Waals surface area contributed by atoms with Crippen molar-refractivity contribution in [1.29, 1.82) is 0 Å². The van der Waals surface area contributed by atoms with Gasteiger partial charge in [-0.15, -0.1) is 0 Å². The second-order valence-electron chi connectivity index (χ2n) is 4.56. The number of ether oxygens (including phenoxy) is 1. The minimum Gasteiger partial charge on any atom is -0.381 e. The highest BCUT2D eigenvalue weighted by atomic mass is 16.5. The fourth-order valence-electron chi connectivity index (χ4n) is 2.08. The molecule has 1 aromatic heterocycles. The summed E-state index contributed by atoms with van der Waals surface area (Å²) in [6.45, 7) is 6.14. The van der Waals surface area contributed by atoms with E-state index in [1.807, 2.05) is 6.20 Å². The number of aryl methyl sites for hydroxylation is 2. The van der Waals surface area contributed by atoms with Gasteiger partial charge in [0.05, 0.1) is 12.8 Å². The van der Waals surface area contributed by atoms with Gasteiger partial charge in [0, 0.05) is 18.8 Å². The Bertz CT molecular complexity index is 305. The van der Waals surface area contributed by atoms with Crippen molar-refractivity contribution in [2.75, 3.05) is 26.3 Å². The third-order valence-corrected chi connectivity index (χ3v) is 3.19. The average Bonchev–Trinajstić information content (AvgIpc) is 2.90. The van der Waals surface area contributed by atoms with Crippen LogP contribution in [0.4, 0.5) is 0 Å². The van der Waals surface area contributed by atoms with Crippen molar-refractivity contribution in [3.05, 3.63) is 17.5 Å². The molecule has 1 atom stereocenters. The van der Waals surface area contributed by atoms with Gasteiger partial charge in [-0.25, -0.2) is 0 Å². The Labute approximate surface area is 96.8 Å². The van der Waals surface area contributed by atoms with Gasteiger partial charge in [0.15, 0.2) is 0 Å². The lowest BCUT2D eigenvalue weighted by atomic mass is 10.1. The molecule has 1 unspecified atom stereocenters. The van der Waals surface area contributed by atoms with E-state index in [2.05, 4.69) is 22.4 Å². The zero-order valence-corrected chi connectivity index (χ0v) is 9.96. The lowest BCUT2D eigenvalue weighted by Gasteiger charge is -2.08. The smallest absolute Gasteiger partial charge is 0.0522 e. The Hall–Kier alpha value is -0.870. The molecule has 1 saturated heterocycles. The molecule has 1 aliphatic rings. The van der Waals surface area contributed by atoms with Crippen LogP contribution in [-0.4, -0.2) is 36.5 Å². The molecule has 0 spiro atoms. The van der Waals surface area contributed by atoms with E-state index in [0.717, 1.165) is 38.6 Å². The van der Waals surface area contributed by atoms with E-state index in [4.69, 9.17) is 4.74 Å². The number of aromatic amines is 1. The summed E-state index contributed by atoms with van der Waals surface area (Å²) in [7, 11) is 0. The summed E-state index contributed by atoms with van der Waals surface area (Å²) in [5, 5.41) is 10.5. The van der Waals surface area contributed by atoms with Crippen LogP contribution in [0.25, 0.3) is 0 Å². The lowest BCUT2D eigenvalue weighted by molar-refractivity contribution is 0.185. The predicted octanol–water partition coefficient (Wildman–Crippen LogP) is 1.28. The van der Waals surface area contributed by atoms with Gasteiger partial charge >= 0.3 is 0 Å². The van der Waals surface area contributed by atoms with Crippen molar-refractivity contribution >= 4 is 0 Å². The highest BCUT2D eigenvalue weighted by molar-refractivity contribution is 5.14. The average molecular weight is 223 g/mol. The minimum atomic E-state index is 0.732. The molecule has 4 heteroatoms. The second kappa shape index (κ2) is 6.01. The van der Waals surface area contributed by atoms with Crippen molar-refractivity contribution in [1.82, 2.24) is 15.5 Å². The molecule has 1 aliphatic heterocycles. The number of nitrogens with zero attached hydrogens (tertiary/aromatic N) is 1. The first-order valence-electron chi connectivity index (χ1n) is 6.13. The molecule has 4 nitrogen and oxygen atoms in total. The van der Waals surface area contributed by atoms with Gasteiger partial charge in [0.1, 0.15) is 0 Å². The molecular weight excluding hydrogens is 202 g/mol. The number of hydrogen-bond donors (Lipinski definition) is 2. The molecule has 0 radical (unpaired) electrons. The van der Waals surface area contributed by atoms with Gasteiger partial charge in [-0.1, -0.05) is 0 Å². The SMILES string of the molecule is Cc1[nH]ncc1CCCNCC1CCOC1. The molecule has 2 N–H and O–H groups in total. The summed E-state index contributed by atoms with van der Waals surface area (Å²) in [5.41, 5.74) is 2.54. The van der Waals surface area contributed by atoms with E-state index in [-0.39, 0.29) is 0 Å². The zero-order chi connectivity index (χ0) is 11.2. The first-order valence-corrected chi connectivity index (χ1v) is 6.13. The molecule has 1 aromatic rings. The Morgan fingerprint density at radius 1 is 1.62 bits per heavy atom. The van der Waals surface area contributed by atoms with Gasteiger partial charge in [0.25, 0.3) is 0 Å². The van der Waals surface area contributed by atoms with Crippen molar-refractivity contribution in [3.8, 4) is 0 Å². The molecule has 0 aliphatic carbocycles. The Morgan fingerprint density at radius 3 is 3.25 bits per heavy atom. The number of nitrogens with one attached hydrogen (secondary N) is 2. The molecule has 0 amide bonds. The van der Waals surface area contributed by atoms with Crippen molar-refractivity contribution in [3.63, 3.8) is 0 Å². The van der Waals surface area contributed by atoms with E-state index in [1.165, 1.54) is 24.1 Å². The maximum absolute atomic E-state index is 5.34. The van der Waals surface area contributed by atoms with Crippen LogP contribution >= 0.6 is 0 Å². The van der Waals surface area contributed by atoms with Crippen LogP contribution < -0.4 is 5.32 Å². The maximum atomic E-state index is 5.34. The van der Waals surface area contributed by atoms with Crippen LogP contribution in [0.5, 0.6) is 0 Å². The zero-order valence-electron chi connectivity index (χ0n) is 9.96. The summed E-state index contributed by atoms with van der Waals surface area (Å²) in [6.07, 6.45) is 5.43. The van der Waals surface area contributed by atoms with Gasteiger partial charge in [0.2, 0.25) is 0 Å². The number of rotatable bonds is 6. The standard InChI is InChI=1S/C12H21N3O/c1-10-12(8-14-15-10)3-2-5-13-7-11-4-6-16-9-11/h8,11,13H,2-7,9H2,1H3,(H,14,15). The minimum absolute atomic E-state index is 0.732. The first kappa shape index (κ1) is 11.6. The number of aromatic nitrogens is 2. The monoisotopic (exact) mass is 223 g/mol. The number of H-pyrrole nitrogens is 1. The van der Waals surface area contributed by atoms with E-state index in [1.54, 1.807) is 0 Å². The van der Waals surface area contributed by atoms with Crippen LogP contribution in [-0.2, 0) is 11.2 Å². The molecule has 0 bridgehead atoms. The van der Waals surface area contributed by atoms with Gasteiger partial charge in [-0.2, -0.15) is 5.10 Å². The molecular formula is C12H21N3O. The van der Waals surface area contributed by atoms with Crippen LogP contribution in [0.15, 0.2) is 6.20 Å². The van der Waals surface area contributed by atoms with E-state index < -0.39 is 0 Å². The highest BCUT2D eigenvalue weighted by Gasteiger charge is 2.14. The van der Waals surface area contributed by atoms with Gasteiger partial charge in [-0.3, -0.25) is 5.10 Å². The summed E-state index contributed by atoms with van der Waals surface area (Å²) >= 11 is 0. The Kier molecular flexibility index (Phi) is 4.36. The van der Waals surface area contributed by atoms with E-state index in [0.29, 0.717) is 0 Å². The molecule has 90 valence electrons. The maximum Gasteiger partial charge on any atom is 0.0522 e. The third-order valence-electron chi connectivity index (χ3n) is 3.19. The van der Waals surface area contributed by atoms with Crippen molar-refractivity contribution in [2.24, 2.45) is 5.92 Å². The number of hydrogen-bond acceptors (Lipinski definition) is 3. The lowest BCUT2D eigenvalue weighted by Crippen LogP contribution is -2.24. The summed E-state index contributed by atoms with van der Waals surface area (Å²) in [5.74, 6) is 0.732. The van der Waals surface area contributed by atoms with Crippen LogP contribution in [0, 0.1) is 12.8 Å². The Balaban J connectivity index is 1.53. The summed E-state index contributed by atoms with van der Waals surface area (Å²) < 4.78 is 5.34. The van der Waals surface area contributed by atoms with Crippen LogP contribution in [0.2, 0.25) is 0 Å². The molecule has 1 fully saturated rings. The fraction of sp³-hybridized carbons (Fsp3) is 0.750. The van der Waals surface area contributed by atoms with Crippen LogP contribution in [0.1, 0.15) is 24.1 Å². The van der Waals surface area contributed by atoms with Crippen LogP contribution in [0.3, 0.4) is 0 Å². The fourth-order valence-corrected chi connectivity index (χ4v) is 2.08. The largest absolute Gasteiger partial charge is 0.381 e. The van der Waals surface area contributed by atoms with E-state index >= 15 is 0 Å². The van der Waals surface area contributed by atoms with Crippen molar-refractivity contribution < 1.29 is 4.74 Å². The highest BCUT2D eigenvalue weighted by Crippen LogP contribution is 2.10.